The molecule has 0 aliphatic rings. The zero-order chi connectivity index (χ0) is 20.0. The number of benzene rings is 2. The fourth-order valence-corrected chi connectivity index (χ4v) is 3.28. The Morgan fingerprint density at radius 2 is 2.04 bits per heavy atom. The molecule has 2 heterocycles. The van der Waals surface area contributed by atoms with Gasteiger partial charge < -0.3 is 10.1 Å². The van der Waals surface area contributed by atoms with E-state index in [2.05, 4.69) is 20.2 Å². The van der Waals surface area contributed by atoms with E-state index in [4.69, 9.17) is 0 Å². The third kappa shape index (κ3) is 2.77. The molecule has 9 heteroatoms. The molecular formula is C19H16FN5O3. The lowest BCUT2D eigenvalue weighted by Gasteiger charge is -2.12. The Balaban J connectivity index is 1.95. The van der Waals surface area contributed by atoms with Crippen molar-refractivity contribution >= 4 is 33.8 Å². The molecule has 142 valence electrons. The number of imidazole rings is 1. The standard InChI is InChI=1S/C19H16FN5O3/c1-3-25(19(27)28)18-21-14-7-10(6-9(2)15(14)22-18)16-13-8-11(20)4-5-12(13)17(26)24-23-16/h4-8H,3H2,1-2H3,(H,21,22)(H,24,26)(H,27,28). The lowest BCUT2D eigenvalue weighted by Crippen LogP contribution is -2.29. The van der Waals surface area contributed by atoms with Crippen molar-refractivity contribution in [2.24, 2.45) is 0 Å². The Kier molecular flexibility index (Phi) is 4.07. The van der Waals surface area contributed by atoms with E-state index in [9.17, 15) is 19.1 Å². The number of hydrogen-bond donors (Lipinski definition) is 3. The fraction of sp³-hybridized carbons (Fsp3) is 0.158. The van der Waals surface area contributed by atoms with Crippen LogP contribution in [0.2, 0.25) is 0 Å². The van der Waals surface area contributed by atoms with Gasteiger partial charge in [0.2, 0.25) is 5.95 Å². The fourth-order valence-electron chi connectivity index (χ4n) is 3.28. The molecule has 3 N–H and O–H groups in total. The molecule has 0 unspecified atom stereocenters. The third-order valence-electron chi connectivity index (χ3n) is 4.59. The van der Waals surface area contributed by atoms with Gasteiger partial charge in [0.05, 0.1) is 22.1 Å². The van der Waals surface area contributed by atoms with Gasteiger partial charge in [-0.05, 0) is 49.7 Å². The first-order chi connectivity index (χ1) is 13.4. The minimum atomic E-state index is -1.11. The van der Waals surface area contributed by atoms with Crippen LogP contribution in [-0.2, 0) is 0 Å². The number of nitrogens with one attached hydrogen (secondary N) is 2. The van der Waals surface area contributed by atoms with Gasteiger partial charge in [-0.3, -0.25) is 4.79 Å². The molecule has 0 radical (unpaired) electrons. The van der Waals surface area contributed by atoms with Crippen molar-refractivity contribution in [3.05, 3.63) is 52.1 Å². The van der Waals surface area contributed by atoms with Gasteiger partial charge in [-0.25, -0.2) is 24.2 Å². The number of hydrogen-bond acceptors (Lipinski definition) is 4. The third-order valence-corrected chi connectivity index (χ3v) is 4.59. The molecular weight excluding hydrogens is 365 g/mol. The van der Waals surface area contributed by atoms with E-state index in [1.54, 1.807) is 13.0 Å². The number of carboxylic acid groups (broad SMARTS) is 1. The Morgan fingerprint density at radius 1 is 1.25 bits per heavy atom. The molecule has 0 aliphatic heterocycles. The van der Waals surface area contributed by atoms with E-state index in [-0.39, 0.29) is 12.5 Å². The molecule has 0 fully saturated rings. The van der Waals surface area contributed by atoms with Gasteiger partial charge in [-0.2, -0.15) is 5.10 Å². The summed E-state index contributed by atoms with van der Waals surface area (Å²) in [7, 11) is 0. The molecule has 0 bridgehead atoms. The molecule has 0 saturated heterocycles. The van der Waals surface area contributed by atoms with Gasteiger partial charge in [-0.1, -0.05) is 0 Å². The number of H-pyrrole nitrogens is 2. The lowest BCUT2D eigenvalue weighted by atomic mass is 10.0. The molecule has 4 aromatic rings. The Hall–Kier alpha value is -3.75. The van der Waals surface area contributed by atoms with Gasteiger partial charge in [0, 0.05) is 17.5 Å². The second kappa shape index (κ2) is 6.45. The molecule has 28 heavy (non-hydrogen) atoms. The minimum absolute atomic E-state index is 0.218. The quantitative estimate of drug-likeness (QED) is 0.503. The van der Waals surface area contributed by atoms with Crippen LogP contribution in [0.5, 0.6) is 0 Å². The molecule has 1 amide bonds. The monoisotopic (exact) mass is 381 g/mol. The van der Waals surface area contributed by atoms with E-state index in [1.165, 1.54) is 18.2 Å². The van der Waals surface area contributed by atoms with E-state index in [0.29, 0.717) is 33.1 Å². The normalized spacial score (nSPS) is 11.2. The van der Waals surface area contributed by atoms with Gasteiger partial charge in [0.25, 0.3) is 5.56 Å². The van der Waals surface area contributed by atoms with Gasteiger partial charge in [0.1, 0.15) is 5.82 Å². The second-order valence-corrected chi connectivity index (χ2v) is 6.37. The first kappa shape index (κ1) is 17.7. The summed E-state index contributed by atoms with van der Waals surface area (Å²) in [5, 5.41) is 16.6. The predicted octanol–water partition coefficient (Wildman–Crippen LogP) is 3.42. The SMILES string of the molecule is CCN(C(=O)O)c1nc2c(C)cc(-c3n[nH]c(=O)c4ccc(F)cc34)cc2[nH]1. The van der Waals surface area contributed by atoms with E-state index >= 15 is 0 Å². The zero-order valence-electron chi connectivity index (χ0n) is 15.1. The van der Waals surface area contributed by atoms with Crippen LogP contribution in [0.25, 0.3) is 33.1 Å². The number of amides is 1. The highest BCUT2D eigenvalue weighted by Crippen LogP contribution is 2.30. The van der Waals surface area contributed by atoms with Crippen LogP contribution in [0, 0.1) is 12.7 Å². The van der Waals surface area contributed by atoms with Crippen LogP contribution in [-0.4, -0.2) is 37.9 Å². The molecule has 0 aliphatic carbocycles. The molecule has 2 aromatic heterocycles. The summed E-state index contributed by atoms with van der Waals surface area (Å²) >= 11 is 0. The number of fused-ring (bicyclic) bond motifs is 2. The number of rotatable bonds is 3. The minimum Gasteiger partial charge on any atom is -0.465 e. The summed E-state index contributed by atoms with van der Waals surface area (Å²) in [4.78, 5) is 31.9. The summed E-state index contributed by atoms with van der Waals surface area (Å²) in [5.41, 5.74) is 2.68. The Labute approximate surface area is 157 Å². The number of halogens is 1. The zero-order valence-corrected chi connectivity index (χ0v) is 15.1. The lowest BCUT2D eigenvalue weighted by molar-refractivity contribution is 0.202. The van der Waals surface area contributed by atoms with Gasteiger partial charge in [0.15, 0.2) is 0 Å². The van der Waals surface area contributed by atoms with Crippen LogP contribution in [0.15, 0.2) is 35.1 Å². The van der Waals surface area contributed by atoms with Crippen LogP contribution in [0.3, 0.4) is 0 Å². The molecule has 0 spiro atoms. The largest absolute Gasteiger partial charge is 0.465 e. The summed E-state index contributed by atoms with van der Waals surface area (Å²) in [6.45, 7) is 3.79. The molecule has 4 rings (SSSR count). The van der Waals surface area contributed by atoms with Crippen LogP contribution >= 0.6 is 0 Å². The van der Waals surface area contributed by atoms with Crippen molar-refractivity contribution in [3.8, 4) is 11.3 Å². The van der Waals surface area contributed by atoms with Crippen molar-refractivity contribution < 1.29 is 14.3 Å². The number of aromatic nitrogens is 4. The number of aromatic amines is 2. The van der Waals surface area contributed by atoms with E-state index < -0.39 is 17.5 Å². The molecule has 2 aromatic carbocycles. The maximum Gasteiger partial charge on any atom is 0.414 e. The van der Waals surface area contributed by atoms with E-state index in [0.717, 1.165) is 10.5 Å². The Morgan fingerprint density at radius 3 is 2.75 bits per heavy atom. The van der Waals surface area contributed by atoms with Crippen LogP contribution < -0.4 is 10.5 Å². The topological polar surface area (TPSA) is 115 Å². The van der Waals surface area contributed by atoms with Crippen molar-refractivity contribution in [1.82, 2.24) is 20.2 Å². The van der Waals surface area contributed by atoms with E-state index in [1.807, 2.05) is 13.0 Å². The predicted molar refractivity (Wildman–Crippen MR) is 103 cm³/mol. The summed E-state index contributed by atoms with van der Waals surface area (Å²) in [6, 6.07) is 7.48. The van der Waals surface area contributed by atoms with Crippen molar-refractivity contribution in [1.29, 1.82) is 0 Å². The highest BCUT2D eigenvalue weighted by atomic mass is 19.1. The maximum atomic E-state index is 13.8. The van der Waals surface area contributed by atoms with Crippen molar-refractivity contribution in [2.45, 2.75) is 13.8 Å². The first-order valence-electron chi connectivity index (χ1n) is 8.58. The van der Waals surface area contributed by atoms with Crippen LogP contribution in [0.1, 0.15) is 12.5 Å². The molecule has 0 atom stereocenters. The number of nitrogens with zero attached hydrogens (tertiary/aromatic N) is 3. The average molecular weight is 381 g/mol. The highest BCUT2D eigenvalue weighted by molar-refractivity contribution is 5.97. The summed E-state index contributed by atoms with van der Waals surface area (Å²) in [6.07, 6.45) is -1.11. The molecule has 0 saturated carbocycles. The summed E-state index contributed by atoms with van der Waals surface area (Å²) in [5.74, 6) is -0.251. The average Bonchev–Trinajstić information content (AvgIpc) is 3.06. The second-order valence-electron chi connectivity index (χ2n) is 6.37. The number of anilines is 1. The Bertz CT molecular complexity index is 1290. The smallest absolute Gasteiger partial charge is 0.414 e. The first-order valence-corrected chi connectivity index (χ1v) is 8.58. The highest BCUT2D eigenvalue weighted by Gasteiger charge is 2.18. The van der Waals surface area contributed by atoms with Crippen LogP contribution in [0.4, 0.5) is 15.1 Å². The summed E-state index contributed by atoms with van der Waals surface area (Å²) < 4.78 is 13.8. The van der Waals surface area contributed by atoms with Gasteiger partial charge in [-0.15, -0.1) is 0 Å². The van der Waals surface area contributed by atoms with Crippen molar-refractivity contribution in [3.63, 3.8) is 0 Å². The number of aryl methyl sites for hydroxylation is 1. The molecule has 8 nitrogen and oxygen atoms in total. The van der Waals surface area contributed by atoms with Crippen molar-refractivity contribution in [2.75, 3.05) is 11.4 Å². The van der Waals surface area contributed by atoms with Gasteiger partial charge >= 0.3 is 6.09 Å². The number of carbonyl (C=O) groups is 1. The maximum absolute atomic E-state index is 13.8.